The summed E-state index contributed by atoms with van der Waals surface area (Å²) >= 11 is 0. The molecular weight excluding hydrogens is 256 g/mol. The molecule has 0 heterocycles. The van der Waals surface area contributed by atoms with Gasteiger partial charge in [0.15, 0.2) is 0 Å². The molecule has 1 unspecified atom stereocenters. The largest absolute Gasteiger partial charge is 0.320 e. The number of hydrogen-bond acceptors (Lipinski definition) is 1. The fraction of sp³-hybridized carbons (Fsp3) is 0.294. The van der Waals surface area contributed by atoms with Gasteiger partial charge in [-0.1, -0.05) is 36.8 Å². The zero-order valence-corrected chi connectivity index (χ0v) is 11.2. The summed E-state index contributed by atoms with van der Waals surface area (Å²) in [6.45, 7) is 0. The molecule has 0 aromatic heterocycles. The van der Waals surface area contributed by atoms with Crippen LogP contribution in [0.5, 0.6) is 0 Å². The Morgan fingerprint density at radius 2 is 1.55 bits per heavy atom. The van der Waals surface area contributed by atoms with E-state index in [0.29, 0.717) is 5.92 Å². The van der Waals surface area contributed by atoms with Crippen LogP contribution in [0.2, 0.25) is 0 Å². The second kappa shape index (κ2) is 5.33. The smallest absolute Gasteiger partial charge is 0.131 e. The molecule has 2 N–H and O–H groups in total. The van der Waals surface area contributed by atoms with Gasteiger partial charge in [0.25, 0.3) is 0 Å². The van der Waals surface area contributed by atoms with E-state index in [1.54, 1.807) is 0 Å². The maximum Gasteiger partial charge on any atom is 0.131 e. The number of nitrogens with two attached hydrogens (primary N) is 1. The molecule has 2 aromatic carbocycles. The first-order valence-electron chi connectivity index (χ1n) is 6.96. The predicted octanol–water partition coefficient (Wildman–Crippen LogP) is 4.28. The molecular formula is C17H17F2N. The summed E-state index contributed by atoms with van der Waals surface area (Å²) in [6.07, 6.45) is 3.74. The van der Waals surface area contributed by atoms with Gasteiger partial charge in [-0.3, -0.25) is 0 Å². The van der Waals surface area contributed by atoms with Gasteiger partial charge in [-0.2, -0.15) is 0 Å². The Morgan fingerprint density at radius 1 is 0.950 bits per heavy atom. The minimum absolute atomic E-state index is 0.0658. The topological polar surface area (TPSA) is 26.0 Å². The minimum Gasteiger partial charge on any atom is -0.320 e. The van der Waals surface area contributed by atoms with Crippen molar-refractivity contribution >= 4 is 0 Å². The standard InChI is InChI=1S/C17H17F2N/c18-14-5-2-6-15(19)16(14)17(20)13-9-7-12(8-10-13)11-3-1-4-11/h2,5-11,17H,1,3-4,20H2. The normalized spacial score (nSPS) is 16.8. The van der Waals surface area contributed by atoms with Crippen LogP contribution in [-0.4, -0.2) is 0 Å². The van der Waals surface area contributed by atoms with Crippen molar-refractivity contribution in [2.45, 2.75) is 31.2 Å². The zero-order chi connectivity index (χ0) is 14.1. The fourth-order valence-electron chi connectivity index (χ4n) is 2.69. The lowest BCUT2D eigenvalue weighted by molar-refractivity contribution is 0.419. The first-order chi connectivity index (χ1) is 9.66. The Balaban J connectivity index is 1.88. The molecule has 0 radical (unpaired) electrons. The molecule has 2 aromatic rings. The van der Waals surface area contributed by atoms with Crippen LogP contribution < -0.4 is 5.73 Å². The predicted molar refractivity (Wildman–Crippen MR) is 75.4 cm³/mol. The maximum atomic E-state index is 13.7. The third kappa shape index (κ3) is 2.34. The van der Waals surface area contributed by atoms with Crippen molar-refractivity contribution in [3.8, 4) is 0 Å². The van der Waals surface area contributed by atoms with Crippen molar-refractivity contribution in [2.24, 2.45) is 5.73 Å². The highest BCUT2D eigenvalue weighted by atomic mass is 19.1. The van der Waals surface area contributed by atoms with Gasteiger partial charge in [-0.05, 0) is 42.0 Å². The van der Waals surface area contributed by atoms with Gasteiger partial charge in [0.05, 0.1) is 6.04 Å². The lowest BCUT2D eigenvalue weighted by atomic mass is 9.79. The third-order valence-electron chi connectivity index (χ3n) is 4.18. The first-order valence-corrected chi connectivity index (χ1v) is 6.96. The van der Waals surface area contributed by atoms with Crippen LogP contribution in [0.1, 0.15) is 47.9 Å². The van der Waals surface area contributed by atoms with Crippen LogP contribution in [-0.2, 0) is 0 Å². The Hall–Kier alpha value is -1.74. The average molecular weight is 273 g/mol. The SMILES string of the molecule is NC(c1ccc(C2CCC2)cc1)c1c(F)cccc1F. The van der Waals surface area contributed by atoms with Crippen molar-refractivity contribution in [2.75, 3.05) is 0 Å². The van der Waals surface area contributed by atoms with E-state index < -0.39 is 17.7 Å². The van der Waals surface area contributed by atoms with Crippen LogP contribution in [0.25, 0.3) is 0 Å². The Kier molecular flexibility index (Phi) is 3.53. The monoisotopic (exact) mass is 273 g/mol. The molecule has 1 aliphatic rings. The molecule has 3 rings (SSSR count). The summed E-state index contributed by atoms with van der Waals surface area (Å²) in [5, 5.41) is 0. The Labute approximate surface area is 117 Å². The summed E-state index contributed by atoms with van der Waals surface area (Å²) in [5.41, 5.74) is 7.97. The van der Waals surface area contributed by atoms with E-state index >= 15 is 0 Å². The van der Waals surface area contributed by atoms with Crippen molar-refractivity contribution in [1.82, 2.24) is 0 Å². The van der Waals surface area contributed by atoms with Gasteiger partial charge in [-0.15, -0.1) is 0 Å². The van der Waals surface area contributed by atoms with Gasteiger partial charge in [0.1, 0.15) is 11.6 Å². The van der Waals surface area contributed by atoms with Crippen LogP contribution in [0.4, 0.5) is 8.78 Å². The number of benzene rings is 2. The van der Waals surface area contributed by atoms with Crippen molar-refractivity contribution in [1.29, 1.82) is 0 Å². The summed E-state index contributed by atoms with van der Waals surface area (Å²) in [4.78, 5) is 0. The fourth-order valence-corrected chi connectivity index (χ4v) is 2.69. The van der Waals surface area contributed by atoms with Crippen molar-refractivity contribution in [3.63, 3.8) is 0 Å². The molecule has 0 aliphatic heterocycles. The van der Waals surface area contributed by atoms with E-state index in [1.165, 1.54) is 43.0 Å². The minimum atomic E-state index is -0.772. The summed E-state index contributed by atoms with van der Waals surface area (Å²) in [6, 6.07) is 10.9. The van der Waals surface area contributed by atoms with Gasteiger partial charge >= 0.3 is 0 Å². The van der Waals surface area contributed by atoms with Crippen molar-refractivity contribution < 1.29 is 8.78 Å². The van der Waals surface area contributed by atoms with Crippen LogP contribution in [0, 0.1) is 11.6 Å². The quantitative estimate of drug-likeness (QED) is 0.887. The van der Waals surface area contributed by atoms with Gasteiger partial charge in [-0.25, -0.2) is 8.78 Å². The molecule has 0 spiro atoms. The number of hydrogen-bond donors (Lipinski definition) is 1. The van der Waals surface area contributed by atoms with Crippen LogP contribution in [0.15, 0.2) is 42.5 Å². The zero-order valence-electron chi connectivity index (χ0n) is 11.2. The van der Waals surface area contributed by atoms with Crippen LogP contribution >= 0.6 is 0 Å². The molecule has 0 amide bonds. The van der Waals surface area contributed by atoms with E-state index in [1.807, 2.05) is 24.3 Å². The summed E-state index contributed by atoms with van der Waals surface area (Å²) in [5.74, 6) is -0.549. The van der Waals surface area contributed by atoms with Gasteiger partial charge in [0.2, 0.25) is 0 Å². The number of halogens is 2. The molecule has 0 bridgehead atoms. The van der Waals surface area contributed by atoms with E-state index in [0.717, 1.165) is 5.56 Å². The highest BCUT2D eigenvalue weighted by Crippen LogP contribution is 2.36. The second-order valence-corrected chi connectivity index (χ2v) is 5.41. The van der Waals surface area contributed by atoms with E-state index in [4.69, 9.17) is 5.73 Å². The highest BCUT2D eigenvalue weighted by molar-refractivity contribution is 5.35. The van der Waals surface area contributed by atoms with Crippen molar-refractivity contribution in [3.05, 3.63) is 70.8 Å². The molecule has 1 fully saturated rings. The lowest BCUT2D eigenvalue weighted by Gasteiger charge is -2.26. The van der Waals surface area contributed by atoms with Gasteiger partial charge < -0.3 is 5.73 Å². The molecule has 3 heteroatoms. The highest BCUT2D eigenvalue weighted by Gasteiger charge is 2.21. The average Bonchev–Trinajstić information content (AvgIpc) is 2.37. The molecule has 1 saturated carbocycles. The van der Waals surface area contributed by atoms with E-state index in [-0.39, 0.29) is 5.56 Å². The van der Waals surface area contributed by atoms with E-state index in [9.17, 15) is 8.78 Å². The lowest BCUT2D eigenvalue weighted by Crippen LogP contribution is -2.16. The molecule has 1 aliphatic carbocycles. The summed E-state index contributed by atoms with van der Waals surface area (Å²) < 4.78 is 27.5. The molecule has 104 valence electrons. The molecule has 1 nitrogen and oxygen atoms in total. The molecule has 0 saturated heterocycles. The number of rotatable bonds is 3. The first kappa shape index (κ1) is 13.3. The Morgan fingerprint density at radius 3 is 2.05 bits per heavy atom. The molecule has 20 heavy (non-hydrogen) atoms. The van der Waals surface area contributed by atoms with E-state index in [2.05, 4.69) is 0 Å². The second-order valence-electron chi connectivity index (χ2n) is 5.41. The van der Waals surface area contributed by atoms with Crippen LogP contribution in [0.3, 0.4) is 0 Å². The maximum absolute atomic E-state index is 13.7. The Bertz CT molecular complexity index is 583. The third-order valence-corrected chi connectivity index (χ3v) is 4.18. The summed E-state index contributed by atoms with van der Waals surface area (Å²) in [7, 11) is 0. The van der Waals surface area contributed by atoms with Gasteiger partial charge in [0, 0.05) is 5.56 Å². The molecule has 1 atom stereocenters.